The van der Waals surface area contributed by atoms with E-state index < -0.39 is 23.6 Å². The highest BCUT2D eigenvalue weighted by molar-refractivity contribution is 5.73. The summed E-state index contributed by atoms with van der Waals surface area (Å²) >= 11 is 0. The lowest BCUT2D eigenvalue weighted by atomic mass is 10.0. The molecule has 1 aromatic carbocycles. The lowest BCUT2D eigenvalue weighted by molar-refractivity contribution is -0.139. The molecule has 0 bridgehead atoms. The number of carboxylic acid groups (broad SMARTS) is 1. The topological polar surface area (TPSA) is 49.3 Å². The summed E-state index contributed by atoms with van der Waals surface area (Å²) in [5.74, 6) is -2.14. The molecular weight excluding hydrogens is 252 g/mol. The van der Waals surface area contributed by atoms with Gasteiger partial charge in [-0.2, -0.15) is 0 Å². The number of halogens is 2. The molecule has 2 N–H and O–H groups in total. The minimum absolute atomic E-state index is 0.172. The van der Waals surface area contributed by atoms with Gasteiger partial charge in [0, 0.05) is 12.1 Å². The zero-order valence-electron chi connectivity index (χ0n) is 11.1. The summed E-state index contributed by atoms with van der Waals surface area (Å²) in [4.78, 5) is 11.0. The van der Waals surface area contributed by atoms with E-state index in [0.29, 0.717) is 18.4 Å². The Bertz CT molecular complexity index is 417. The summed E-state index contributed by atoms with van der Waals surface area (Å²) < 4.78 is 26.1. The smallest absolute Gasteiger partial charge is 0.320 e. The molecule has 0 aliphatic heterocycles. The number of nitrogens with one attached hydrogen (secondary N) is 1. The molecule has 0 aromatic heterocycles. The first-order valence-electron chi connectivity index (χ1n) is 6.36. The van der Waals surface area contributed by atoms with Gasteiger partial charge in [-0.3, -0.25) is 4.79 Å². The molecule has 1 aromatic rings. The maximum atomic E-state index is 13.0. The molecule has 0 heterocycles. The van der Waals surface area contributed by atoms with E-state index in [1.54, 1.807) is 6.92 Å². The van der Waals surface area contributed by atoms with Gasteiger partial charge in [0.1, 0.15) is 17.7 Å². The highest BCUT2D eigenvalue weighted by Gasteiger charge is 2.18. The third-order valence-corrected chi connectivity index (χ3v) is 2.83. The lowest BCUT2D eigenvalue weighted by Crippen LogP contribution is -2.42. The minimum atomic E-state index is -0.904. The summed E-state index contributed by atoms with van der Waals surface area (Å²) in [6.45, 7) is 3.71. The van der Waals surface area contributed by atoms with Crippen molar-refractivity contribution >= 4 is 5.97 Å². The van der Waals surface area contributed by atoms with Crippen LogP contribution in [0.2, 0.25) is 0 Å². The average molecular weight is 271 g/mol. The van der Waals surface area contributed by atoms with Crippen LogP contribution in [-0.4, -0.2) is 23.2 Å². The second-order valence-corrected chi connectivity index (χ2v) is 4.73. The molecule has 2 unspecified atom stereocenters. The van der Waals surface area contributed by atoms with Crippen molar-refractivity contribution in [3.8, 4) is 0 Å². The van der Waals surface area contributed by atoms with E-state index >= 15 is 0 Å². The SMILES string of the molecule is CCCC(NC(C)Cc1cc(F)cc(F)c1)C(=O)O. The number of carbonyl (C=O) groups is 1. The third-order valence-electron chi connectivity index (χ3n) is 2.83. The van der Waals surface area contributed by atoms with Crippen LogP contribution in [0.25, 0.3) is 0 Å². The quantitative estimate of drug-likeness (QED) is 0.801. The Hall–Kier alpha value is -1.49. The van der Waals surface area contributed by atoms with Crippen molar-refractivity contribution in [2.24, 2.45) is 0 Å². The second kappa shape index (κ2) is 7.19. The van der Waals surface area contributed by atoms with Crippen molar-refractivity contribution in [1.82, 2.24) is 5.32 Å². The van der Waals surface area contributed by atoms with Gasteiger partial charge in [0.25, 0.3) is 0 Å². The standard InChI is InChI=1S/C14H19F2NO2/c1-3-4-13(14(18)19)17-9(2)5-10-6-11(15)8-12(16)7-10/h6-9,13,17H,3-5H2,1-2H3,(H,18,19). The monoisotopic (exact) mass is 271 g/mol. The Kier molecular flexibility index (Phi) is 5.89. The summed E-state index contributed by atoms with van der Waals surface area (Å²) in [6, 6.07) is 2.54. The van der Waals surface area contributed by atoms with E-state index in [4.69, 9.17) is 5.11 Å². The molecule has 0 spiro atoms. The maximum absolute atomic E-state index is 13.0. The lowest BCUT2D eigenvalue weighted by Gasteiger charge is -2.19. The molecule has 0 aliphatic carbocycles. The van der Waals surface area contributed by atoms with Crippen LogP contribution in [0.3, 0.4) is 0 Å². The molecule has 0 amide bonds. The van der Waals surface area contributed by atoms with Gasteiger partial charge in [-0.15, -0.1) is 0 Å². The second-order valence-electron chi connectivity index (χ2n) is 4.73. The summed E-state index contributed by atoms with van der Waals surface area (Å²) in [5.41, 5.74) is 0.512. The molecule has 19 heavy (non-hydrogen) atoms. The number of aliphatic carboxylic acids is 1. The zero-order valence-corrected chi connectivity index (χ0v) is 11.1. The molecule has 0 radical (unpaired) electrons. The van der Waals surface area contributed by atoms with Crippen LogP contribution < -0.4 is 5.32 Å². The average Bonchev–Trinajstić information content (AvgIpc) is 2.26. The molecule has 5 heteroatoms. The zero-order chi connectivity index (χ0) is 14.4. The van der Waals surface area contributed by atoms with Gasteiger partial charge >= 0.3 is 5.97 Å². The highest BCUT2D eigenvalue weighted by Crippen LogP contribution is 2.11. The molecule has 106 valence electrons. The number of hydrogen-bond acceptors (Lipinski definition) is 2. The molecular formula is C14H19F2NO2. The molecule has 3 nitrogen and oxygen atoms in total. The van der Waals surface area contributed by atoms with Crippen LogP contribution in [0.5, 0.6) is 0 Å². The summed E-state index contributed by atoms with van der Waals surface area (Å²) in [7, 11) is 0. The molecule has 0 saturated carbocycles. The van der Waals surface area contributed by atoms with Crippen LogP contribution >= 0.6 is 0 Å². The van der Waals surface area contributed by atoms with Crippen molar-refractivity contribution in [2.45, 2.75) is 45.2 Å². The van der Waals surface area contributed by atoms with Crippen LogP contribution in [0.15, 0.2) is 18.2 Å². The fourth-order valence-corrected chi connectivity index (χ4v) is 2.05. The maximum Gasteiger partial charge on any atom is 0.320 e. The molecule has 2 atom stereocenters. The molecule has 1 rings (SSSR count). The Morgan fingerprint density at radius 3 is 2.37 bits per heavy atom. The first-order chi connectivity index (χ1) is 8.92. The van der Waals surface area contributed by atoms with E-state index in [2.05, 4.69) is 5.32 Å². The Labute approximate surface area is 111 Å². The van der Waals surface area contributed by atoms with Gasteiger partial charge in [0.05, 0.1) is 0 Å². The number of hydrogen-bond donors (Lipinski definition) is 2. The van der Waals surface area contributed by atoms with E-state index in [1.807, 2.05) is 6.92 Å². The van der Waals surface area contributed by atoms with Gasteiger partial charge in [0.2, 0.25) is 0 Å². The molecule has 0 fully saturated rings. The van der Waals surface area contributed by atoms with Crippen LogP contribution in [0.1, 0.15) is 32.3 Å². The fraction of sp³-hybridized carbons (Fsp3) is 0.500. The van der Waals surface area contributed by atoms with Crippen LogP contribution in [-0.2, 0) is 11.2 Å². The molecule has 0 aliphatic rings. The Morgan fingerprint density at radius 1 is 1.32 bits per heavy atom. The predicted molar refractivity (Wildman–Crippen MR) is 69.0 cm³/mol. The van der Waals surface area contributed by atoms with E-state index in [0.717, 1.165) is 12.5 Å². The first kappa shape index (κ1) is 15.6. The summed E-state index contributed by atoms with van der Waals surface area (Å²) in [5, 5.41) is 12.0. The van der Waals surface area contributed by atoms with E-state index in [-0.39, 0.29) is 6.04 Å². The van der Waals surface area contributed by atoms with E-state index in [9.17, 15) is 13.6 Å². The van der Waals surface area contributed by atoms with Crippen molar-refractivity contribution in [1.29, 1.82) is 0 Å². The highest BCUT2D eigenvalue weighted by atomic mass is 19.1. The van der Waals surface area contributed by atoms with Gasteiger partial charge in [-0.1, -0.05) is 13.3 Å². The van der Waals surface area contributed by atoms with Gasteiger partial charge in [-0.05, 0) is 37.5 Å². The van der Waals surface area contributed by atoms with Crippen LogP contribution in [0.4, 0.5) is 8.78 Å². The van der Waals surface area contributed by atoms with Gasteiger partial charge < -0.3 is 10.4 Å². The Morgan fingerprint density at radius 2 is 1.89 bits per heavy atom. The number of benzene rings is 1. The van der Waals surface area contributed by atoms with E-state index in [1.165, 1.54) is 12.1 Å². The fourth-order valence-electron chi connectivity index (χ4n) is 2.05. The van der Waals surface area contributed by atoms with Gasteiger partial charge in [-0.25, -0.2) is 8.78 Å². The number of rotatable bonds is 7. The van der Waals surface area contributed by atoms with Crippen molar-refractivity contribution in [2.75, 3.05) is 0 Å². The van der Waals surface area contributed by atoms with Crippen LogP contribution in [0, 0.1) is 11.6 Å². The Balaban J connectivity index is 2.63. The van der Waals surface area contributed by atoms with Crippen molar-refractivity contribution in [3.63, 3.8) is 0 Å². The predicted octanol–water partition coefficient (Wildman–Crippen LogP) is 2.74. The first-order valence-corrected chi connectivity index (χ1v) is 6.36. The largest absolute Gasteiger partial charge is 0.480 e. The van der Waals surface area contributed by atoms with Crippen molar-refractivity contribution < 1.29 is 18.7 Å². The minimum Gasteiger partial charge on any atom is -0.480 e. The summed E-state index contributed by atoms with van der Waals surface area (Å²) in [6.07, 6.45) is 1.66. The number of carboxylic acids is 1. The molecule has 0 saturated heterocycles. The van der Waals surface area contributed by atoms with Crippen molar-refractivity contribution in [3.05, 3.63) is 35.4 Å². The van der Waals surface area contributed by atoms with Gasteiger partial charge in [0.15, 0.2) is 0 Å². The third kappa shape index (κ3) is 5.34. The normalized spacial score (nSPS) is 14.1.